The van der Waals surface area contributed by atoms with Crippen molar-refractivity contribution >= 4 is 11.8 Å². The minimum absolute atomic E-state index is 0.0630. The minimum atomic E-state index is -4.53. The molecule has 0 aromatic carbocycles. The van der Waals surface area contributed by atoms with Gasteiger partial charge in [0.2, 0.25) is 0 Å². The van der Waals surface area contributed by atoms with Gasteiger partial charge in [0.05, 0.1) is 0 Å². The zero-order valence-electron chi connectivity index (χ0n) is 9.29. The molecular weight excluding hydrogens is 249 g/mol. The number of carboxylic acids is 1. The van der Waals surface area contributed by atoms with Crippen molar-refractivity contribution in [1.29, 1.82) is 0 Å². The number of nitrogens with zero attached hydrogens (tertiary/aromatic N) is 1. The first kappa shape index (κ1) is 12.7. The normalized spacial score (nSPS) is 17.9. The third-order valence-corrected chi connectivity index (χ3v) is 3.02. The lowest BCUT2D eigenvalue weighted by molar-refractivity contribution is -0.145. The van der Waals surface area contributed by atoms with Crippen LogP contribution in [0, 0.1) is 0 Å². The number of rotatable bonds is 3. The highest BCUT2D eigenvalue weighted by atomic mass is 19.4. The van der Waals surface area contributed by atoms with Gasteiger partial charge in [-0.3, -0.25) is 0 Å². The first-order valence-corrected chi connectivity index (χ1v) is 5.39. The van der Waals surface area contributed by atoms with Gasteiger partial charge in [0, 0.05) is 0 Å². The number of anilines is 1. The Morgan fingerprint density at radius 1 is 1.39 bits per heavy atom. The van der Waals surface area contributed by atoms with Crippen LogP contribution in [0.3, 0.4) is 0 Å². The van der Waals surface area contributed by atoms with E-state index >= 15 is 0 Å². The summed E-state index contributed by atoms with van der Waals surface area (Å²) in [5.74, 6) is -1.13. The van der Waals surface area contributed by atoms with E-state index in [1.807, 2.05) is 0 Å². The van der Waals surface area contributed by atoms with Crippen molar-refractivity contribution < 1.29 is 23.1 Å². The lowest BCUT2D eigenvalue weighted by Gasteiger charge is -2.38. The predicted octanol–water partition coefficient (Wildman–Crippen LogP) is 2.52. The molecule has 0 saturated heterocycles. The number of pyridine rings is 1. The van der Waals surface area contributed by atoms with E-state index in [-0.39, 0.29) is 5.82 Å². The standard InChI is InChI=1S/C11H11F3N2O2/c12-11(13,14)7-3-1-4-8(15-7)16-10(9(17)18)5-2-6-10/h1,3-4H,2,5-6H2,(H,15,16)(H,17,18). The molecule has 1 fully saturated rings. The lowest BCUT2D eigenvalue weighted by Crippen LogP contribution is -2.52. The summed E-state index contributed by atoms with van der Waals surface area (Å²) in [6, 6.07) is 3.38. The van der Waals surface area contributed by atoms with E-state index in [9.17, 15) is 18.0 Å². The van der Waals surface area contributed by atoms with Crippen LogP contribution in [0.25, 0.3) is 0 Å². The van der Waals surface area contributed by atoms with Crippen LogP contribution in [0.15, 0.2) is 18.2 Å². The second-order valence-corrected chi connectivity index (χ2v) is 4.27. The highest BCUT2D eigenvalue weighted by Crippen LogP contribution is 2.36. The Hall–Kier alpha value is -1.79. The number of hydrogen-bond donors (Lipinski definition) is 2. The Morgan fingerprint density at radius 3 is 2.50 bits per heavy atom. The number of hydrogen-bond acceptors (Lipinski definition) is 3. The molecule has 0 radical (unpaired) electrons. The number of carbonyl (C=O) groups is 1. The molecule has 1 saturated carbocycles. The van der Waals surface area contributed by atoms with E-state index in [4.69, 9.17) is 5.11 Å². The molecule has 98 valence electrons. The van der Waals surface area contributed by atoms with Crippen molar-refractivity contribution in [2.24, 2.45) is 0 Å². The zero-order valence-corrected chi connectivity index (χ0v) is 9.29. The third kappa shape index (κ3) is 2.25. The molecule has 1 aromatic rings. The van der Waals surface area contributed by atoms with Crippen LogP contribution in [0.5, 0.6) is 0 Å². The molecule has 2 rings (SSSR count). The Morgan fingerprint density at radius 2 is 2.06 bits per heavy atom. The van der Waals surface area contributed by atoms with E-state index in [0.29, 0.717) is 12.8 Å². The molecule has 1 aromatic heterocycles. The molecule has 2 N–H and O–H groups in total. The summed E-state index contributed by atoms with van der Waals surface area (Å²) < 4.78 is 37.3. The SMILES string of the molecule is O=C(O)C1(Nc2cccc(C(F)(F)F)n2)CCC1. The number of halogens is 3. The van der Waals surface area contributed by atoms with Gasteiger partial charge in [-0.05, 0) is 31.4 Å². The van der Waals surface area contributed by atoms with Crippen molar-refractivity contribution in [2.45, 2.75) is 31.0 Å². The average molecular weight is 260 g/mol. The maximum atomic E-state index is 12.4. The van der Waals surface area contributed by atoms with Gasteiger partial charge in [0.1, 0.15) is 17.1 Å². The Labute approximate surface area is 101 Å². The monoisotopic (exact) mass is 260 g/mol. The number of nitrogens with one attached hydrogen (secondary N) is 1. The molecule has 4 nitrogen and oxygen atoms in total. The van der Waals surface area contributed by atoms with Crippen molar-refractivity contribution in [3.05, 3.63) is 23.9 Å². The third-order valence-electron chi connectivity index (χ3n) is 3.02. The number of aliphatic carboxylic acids is 1. The van der Waals surface area contributed by atoms with E-state index in [2.05, 4.69) is 10.3 Å². The Bertz CT molecular complexity index is 470. The quantitative estimate of drug-likeness (QED) is 0.876. The van der Waals surface area contributed by atoms with Crippen molar-refractivity contribution in [3.63, 3.8) is 0 Å². The van der Waals surface area contributed by atoms with Gasteiger partial charge >= 0.3 is 12.1 Å². The summed E-state index contributed by atoms with van der Waals surface area (Å²) in [4.78, 5) is 14.5. The average Bonchev–Trinajstić information content (AvgIpc) is 2.22. The van der Waals surface area contributed by atoms with Crippen molar-refractivity contribution in [3.8, 4) is 0 Å². The summed E-state index contributed by atoms with van der Waals surface area (Å²) in [6.45, 7) is 0. The smallest absolute Gasteiger partial charge is 0.433 e. The fourth-order valence-electron chi connectivity index (χ4n) is 1.83. The van der Waals surface area contributed by atoms with E-state index in [1.165, 1.54) is 12.1 Å². The maximum absolute atomic E-state index is 12.4. The summed E-state index contributed by atoms with van der Waals surface area (Å²) in [7, 11) is 0. The second-order valence-electron chi connectivity index (χ2n) is 4.27. The molecule has 0 spiro atoms. The van der Waals surface area contributed by atoms with Gasteiger partial charge < -0.3 is 10.4 Å². The zero-order chi connectivity index (χ0) is 13.4. The molecule has 1 aliphatic carbocycles. The highest BCUT2D eigenvalue weighted by molar-refractivity contribution is 5.83. The second kappa shape index (κ2) is 4.15. The molecule has 1 aliphatic rings. The number of carboxylic acid groups (broad SMARTS) is 1. The minimum Gasteiger partial charge on any atom is -0.480 e. The van der Waals surface area contributed by atoms with Crippen LogP contribution in [0.2, 0.25) is 0 Å². The fourth-order valence-corrected chi connectivity index (χ4v) is 1.83. The van der Waals surface area contributed by atoms with Crippen LogP contribution >= 0.6 is 0 Å². The Balaban J connectivity index is 2.22. The summed E-state index contributed by atoms with van der Waals surface area (Å²) in [6.07, 6.45) is -3.02. The van der Waals surface area contributed by atoms with Crippen LogP contribution in [0.4, 0.5) is 19.0 Å². The van der Waals surface area contributed by atoms with Gasteiger partial charge in [-0.25, -0.2) is 9.78 Å². The topological polar surface area (TPSA) is 62.2 Å². The van der Waals surface area contributed by atoms with Crippen LogP contribution in [0.1, 0.15) is 25.0 Å². The number of alkyl halides is 3. The van der Waals surface area contributed by atoms with Crippen LogP contribution in [-0.4, -0.2) is 21.6 Å². The molecule has 1 heterocycles. The molecule has 18 heavy (non-hydrogen) atoms. The Kier molecular flexibility index (Phi) is 2.92. The first-order chi connectivity index (χ1) is 8.33. The predicted molar refractivity (Wildman–Crippen MR) is 57.1 cm³/mol. The van der Waals surface area contributed by atoms with Gasteiger partial charge in [-0.1, -0.05) is 6.07 Å². The van der Waals surface area contributed by atoms with E-state index in [1.54, 1.807) is 0 Å². The van der Waals surface area contributed by atoms with Crippen LogP contribution < -0.4 is 5.32 Å². The summed E-state index contributed by atoms with van der Waals surface area (Å²) >= 11 is 0. The molecule has 7 heteroatoms. The van der Waals surface area contributed by atoms with E-state index < -0.39 is 23.4 Å². The summed E-state index contributed by atoms with van der Waals surface area (Å²) in [5, 5.41) is 11.7. The first-order valence-electron chi connectivity index (χ1n) is 5.39. The van der Waals surface area contributed by atoms with Gasteiger partial charge in [0.25, 0.3) is 0 Å². The van der Waals surface area contributed by atoms with Crippen LogP contribution in [-0.2, 0) is 11.0 Å². The van der Waals surface area contributed by atoms with E-state index in [0.717, 1.165) is 12.5 Å². The van der Waals surface area contributed by atoms with Gasteiger partial charge in [-0.2, -0.15) is 13.2 Å². The van der Waals surface area contributed by atoms with Crippen molar-refractivity contribution in [2.75, 3.05) is 5.32 Å². The molecule has 0 unspecified atom stereocenters. The molecule has 0 aliphatic heterocycles. The molecule has 0 atom stereocenters. The fraction of sp³-hybridized carbons (Fsp3) is 0.455. The maximum Gasteiger partial charge on any atom is 0.433 e. The highest BCUT2D eigenvalue weighted by Gasteiger charge is 2.45. The van der Waals surface area contributed by atoms with Crippen molar-refractivity contribution in [1.82, 2.24) is 4.98 Å². The molecular formula is C11H11F3N2O2. The van der Waals surface area contributed by atoms with Gasteiger partial charge in [0.15, 0.2) is 0 Å². The summed E-state index contributed by atoms with van der Waals surface area (Å²) in [5.41, 5.74) is -2.20. The largest absolute Gasteiger partial charge is 0.480 e. The lowest BCUT2D eigenvalue weighted by atomic mass is 9.77. The number of aromatic nitrogens is 1. The van der Waals surface area contributed by atoms with Gasteiger partial charge in [-0.15, -0.1) is 0 Å². The molecule has 0 bridgehead atoms. The molecule has 0 amide bonds.